The average molecular weight is 853 g/mol. The first-order chi connectivity index (χ1) is 31.7. The predicted octanol–water partition coefficient (Wildman–Crippen LogP) is 17.9. The van der Waals surface area contributed by atoms with Crippen LogP contribution >= 0.6 is 0 Å². The minimum Gasteiger partial charge on any atom is -0.0622 e. The Kier molecular flexibility index (Phi) is 10.7. The molecule has 0 heterocycles. The van der Waals surface area contributed by atoms with E-state index in [2.05, 4.69) is 256 Å². The van der Waals surface area contributed by atoms with Crippen molar-refractivity contribution in [2.45, 2.75) is 78.6 Å². The van der Waals surface area contributed by atoms with Gasteiger partial charge < -0.3 is 0 Å². The van der Waals surface area contributed by atoms with Crippen molar-refractivity contribution in [3.63, 3.8) is 0 Å². The number of benzene rings is 9. The van der Waals surface area contributed by atoms with E-state index in [0.717, 1.165) is 0 Å². The lowest BCUT2D eigenvalue weighted by molar-refractivity contribution is 0.652. The molecule has 324 valence electrons. The number of fused-ring (bicyclic) bond motifs is 9. The van der Waals surface area contributed by atoms with E-state index in [1.807, 2.05) is 6.07 Å². The molecule has 3 aliphatic carbocycles. The van der Waals surface area contributed by atoms with Gasteiger partial charge in [0.25, 0.3) is 0 Å². The third-order valence-electron chi connectivity index (χ3n) is 14.8. The van der Waals surface area contributed by atoms with Gasteiger partial charge in [-0.2, -0.15) is 0 Å². The summed E-state index contributed by atoms with van der Waals surface area (Å²) in [4.78, 5) is 0. The Balaban J connectivity index is 0.000000127. The van der Waals surface area contributed by atoms with Crippen molar-refractivity contribution in [2.24, 2.45) is 0 Å². The fourth-order valence-corrected chi connectivity index (χ4v) is 11.1. The second kappa shape index (κ2) is 16.4. The van der Waals surface area contributed by atoms with Crippen LogP contribution in [0, 0.1) is 20.8 Å². The third-order valence-corrected chi connectivity index (χ3v) is 14.8. The summed E-state index contributed by atoms with van der Waals surface area (Å²) >= 11 is 0. The van der Waals surface area contributed by atoms with E-state index in [4.69, 9.17) is 0 Å². The van der Waals surface area contributed by atoms with Crippen LogP contribution in [0.25, 0.3) is 66.8 Å². The van der Waals surface area contributed by atoms with Crippen LogP contribution in [0.5, 0.6) is 0 Å². The Hall–Kier alpha value is -7.02. The smallest absolute Gasteiger partial charge is 0.0165 e. The van der Waals surface area contributed by atoms with Crippen molar-refractivity contribution in [3.05, 3.63) is 250 Å². The minimum atomic E-state index is -0.0380. The zero-order chi connectivity index (χ0) is 46.0. The summed E-state index contributed by atoms with van der Waals surface area (Å²) in [5.74, 6) is 0. The van der Waals surface area contributed by atoms with Gasteiger partial charge in [0.05, 0.1) is 0 Å². The molecular formula is C66H60. The van der Waals surface area contributed by atoms with Gasteiger partial charge in [-0.1, -0.05) is 240 Å². The normalized spacial score (nSPS) is 14.5. The van der Waals surface area contributed by atoms with Crippen molar-refractivity contribution in [3.8, 4) is 66.8 Å². The molecule has 0 nitrogen and oxygen atoms in total. The molecule has 0 radical (unpaired) electrons. The molecule has 0 atom stereocenters. The number of hydrogen-bond acceptors (Lipinski definition) is 0. The SMILES string of the molecule is Cc1ccc(-c2ccc3c(c2)C(C)(C)c2ccccc2-3)cc1.Cc1ccc(-c2ccccc2)cc1.Cc1ccc2c(c1)C(C)(C)c1cc3c(cc1-2)C(C)(C)c1c(-c2ccccc2)cccc1-3. The van der Waals surface area contributed by atoms with Crippen LogP contribution in [0.15, 0.2) is 200 Å². The highest BCUT2D eigenvalue weighted by Crippen LogP contribution is 2.58. The molecule has 9 aromatic carbocycles. The molecule has 0 heteroatoms. The molecule has 0 bridgehead atoms. The van der Waals surface area contributed by atoms with Gasteiger partial charge in [0, 0.05) is 16.2 Å². The first-order valence-electron chi connectivity index (χ1n) is 23.7. The summed E-state index contributed by atoms with van der Waals surface area (Å²) in [6, 6.07) is 73.2. The van der Waals surface area contributed by atoms with Gasteiger partial charge in [-0.3, -0.25) is 0 Å². The van der Waals surface area contributed by atoms with Crippen LogP contribution in [-0.4, -0.2) is 0 Å². The maximum Gasteiger partial charge on any atom is 0.0165 e. The van der Waals surface area contributed by atoms with Crippen molar-refractivity contribution >= 4 is 0 Å². The Bertz CT molecular complexity index is 3250. The zero-order valence-corrected chi connectivity index (χ0v) is 40.1. The summed E-state index contributed by atoms with van der Waals surface area (Å²) in [5, 5.41) is 0. The van der Waals surface area contributed by atoms with Crippen LogP contribution in [0.2, 0.25) is 0 Å². The molecule has 0 fully saturated rings. The summed E-state index contributed by atoms with van der Waals surface area (Å²) in [7, 11) is 0. The molecule has 3 aliphatic rings. The number of aryl methyl sites for hydroxylation is 3. The van der Waals surface area contributed by atoms with Crippen molar-refractivity contribution in [1.29, 1.82) is 0 Å². The first-order valence-corrected chi connectivity index (χ1v) is 23.7. The number of rotatable bonds is 3. The molecule has 0 saturated carbocycles. The van der Waals surface area contributed by atoms with Gasteiger partial charge in [-0.15, -0.1) is 0 Å². The molecule has 0 amide bonds. The molecule has 12 rings (SSSR count). The Morgan fingerprint density at radius 3 is 1.27 bits per heavy atom. The van der Waals surface area contributed by atoms with Gasteiger partial charge in [0.15, 0.2) is 0 Å². The lowest BCUT2D eigenvalue weighted by Crippen LogP contribution is -2.17. The van der Waals surface area contributed by atoms with Crippen LogP contribution in [0.3, 0.4) is 0 Å². The fourth-order valence-electron chi connectivity index (χ4n) is 11.1. The number of hydrogen-bond donors (Lipinski definition) is 0. The van der Waals surface area contributed by atoms with Crippen molar-refractivity contribution in [1.82, 2.24) is 0 Å². The molecule has 0 aliphatic heterocycles. The topological polar surface area (TPSA) is 0 Å². The Labute approximate surface area is 393 Å². The second-order valence-corrected chi connectivity index (χ2v) is 20.4. The maximum atomic E-state index is 2.50. The summed E-state index contributed by atoms with van der Waals surface area (Å²) in [5.41, 5.74) is 28.9. The first kappa shape index (κ1) is 42.9. The summed E-state index contributed by atoms with van der Waals surface area (Å²) in [6.45, 7) is 20.6. The quantitative estimate of drug-likeness (QED) is 0.166. The lowest BCUT2D eigenvalue weighted by atomic mass is 9.77. The fraction of sp³-hybridized carbons (Fsp3) is 0.182. The standard InChI is InChI=1S/C31H28.C22H20.C13H12/c1-19-14-15-22-24-17-28-25(18-27(24)30(2,3)26(22)16-19)23-13-9-12-21(29(23)31(28,4)5)20-10-7-6-8-11-20;1-15-8-10-16(11-9-15)17-12-13-19-18-6-4-5-7-20(18)22(2,3)21(19)14-17;1-11-7-9-13(10-8-11)12-5-3-2-4-6-12/h6-18H,1-5H3;4-14H,1-3H3;2-10H,1H3. The van der Waals surface area contributed by atoms with Gasteiger partial charge in [-0.25, -0.2) is 0 Å². The second-order valence-electron chi connectivity index (χ2n) is 20.4. The van der Waals surface area contributed by atoms with Crippen molar-refractivity contribution < 1.29 is 0 Å². The van der Waals surface area contributed by atoms with E-state index in [9.17, 15) is 0 Å². The molecule has 0 unspecified atom stereocenters. The maximum absolute atomic E-state index is 2.50. The minimum absolute atomic E-state index is 0.0235. The van der Waals surface area contributed by atoms with Crippen LogP contribution in [-0.2, 0) is 16.2 Å². The molecule has 0 N–H and O–H groups in total. The predicted molar refractivity (Wildman–Crippen MR) is 283 cm³/mol. The van der Waals surface area contributed by atoms with Gasteiger partial charge in [-0.05, 0) is 139 Å². The lowest BCUT2D eigenvalue weighted by Gasteiger charge is -2.25. The highest BCUT2D eigenvalue weighted by molar-refractivity contribution is 5.93. The van der Waals surface area contributed by atoms with Gasteiger partial charge >= 0.3 is 0 Å². The monoisotopic (exact) mass is 852 g/mol. The largest absolute Gasteiger partial charge is 0.0622 e. The van der Waals surface area contributed by atoms with Crippen molar-refractivity contribution in [2.75, 3.05) is 0 Å². The zero-order valence-electron chi connectivity index (χ0n) is 40.1. The molecular weight excluding hydrogens is 793 g/mol. The molecule has 0 saturated heterocycles. The van der Waals surface area contributed by atoms with Gasteiger partial charge in [0.1, 0.15) is 0 Å². The average Bonchev–Trinajstić information content (AvgIpc) is 3.81. The van der Waals surface area contributed by atoms with E-state index in [-0.39, 0.29) is 16.2 Å². The van der Waals surface area contributed by atoms with Gasteiger partial charge in [0.2, 0.25) is 0 Å². The summed E-state index contributed by atoms with van der Waals surface area (Å²) in [6.07, 6.45) is 0. The van der Waals surface area contributed by atoms with E-state index in [1.54, 1.807) is 0 Å². The van der Waals surface area contributed by atoms with E-state index in [0.29, 0.717) is 0 Å². The highest BCUT2D eigenvalue weighted by Gasteiger charge is 2.42. The van der Waals surface area contributed by atoms with Crippen LogP contribution in [0.1, 0.15) is 91.6 Å². The highest BCUT2D eigenvalue weighted by atomic mass is 14.5. The van der Waals surface area contributed by atoms with E-state index >= 15 is 0 Å². The van der Waals surface area contributed by atoms with Crippen LogP contribution in [0.4, 0.5) is 0 Å². The van der Waals surface area contributed by atoms with E-state index < -0.39 is 0 Å². The molecule has 9 aromatic rings. The van der Waals surface area contributed by atoms with Crippen LogP contribution < -0.4 is 0 Å². The Morgan fingerprint density at radius 2 is 0.621 bits per heavy atom. The summed E-state index contributed by atoms with van der Waals surface area (Å²) < 4.78 is 0. The molecule has 0 aromatic heterocycles. The third kappa shape index (κ3) is 7.34. The Morgan fingerprint density at radius 1 is 0.227 bits per heavy atom. The molecule has 0 spiro atoms. The molecule has 66 heavy (non-hydrogen) atoms. The van der Waals surface area contributed by atoms with E-state index in [1.165, 1.54) is 117 Å².